The standard InChI is InChI=1S/C24H16INO3S2/c25-20-12-5-4-11-19(20)23(28)29-18-10-6-9-17(13-18)14-21-22(27)26(24(30)31-21)15-16-7-2-1-3-8-16/h1-14H,15H2/b21-14+. The molecule has 0 N–H and O–H groups in total. The Labute approximate surface area is 203 Å². The van der Waals surface area contributed by atoms with Crippen molar-refractivity contribution in [2.45, 2.75) is 6.54 Å². The van der Waals surface area contributed by atoms with Crippen LogP contribution in [0.5, 0.6) is 5.75 Å². The van der Waals surface area contributed by atoms with Crippen LogP contribution in [0, 0.1) is 3.57 Å². The van der Waals surface area contributed by atoms with Crippen molar-refractivity contribution < 1.29 is 14.3 Å². The van der Waals surface area contributed by atoms with Gasteiger partial charge in [0.25, 0.3) is 5.91 Å². The first-order valence-electron chi connectivity index (χ1n) is 9.37. The minimum Gasteiger partial charge on any atom is -0.423 e. The lowest BCUT2D eigenvalue weighted by molar-refractivity contribution is -0.122. The smallest absolute Gasteiger partial charge is 0.344 e. The number of thioether (sulfide) groups is 1. The van der Waals surface area contributed by atoms with Crippen molar-refractivity contribution in [3.63, 3.8) is 0 Å². The van der Waals surface area contributed by atoms with Crippen LogP contribution in [0.2, 0.25) is 0 Å². The summed E-state index contributed by atoms with van der Waals surface area (Å²) in [6.07, 6.45) is 1.77. The van der Waals surface area contributed by atoms with E-state index < -0.39 is 5.97 Å². The monoisotopic (exact) mass is 557 g/mol. The van der Waals surface area contributed by atoms with Gasteiger partial charge in [-0.15, -0.1) is 0 Å². The van der Waals surface area contributed by atoms with Crippen LogP contribution in [-0.4, -0.2) is 21.1 Å². The predicted molar refractivity (Wildman–Crippen MR) is 136 cm³/mol. The Bertz CT molecular complexity index is 1190. The normalized spacial score (nSPS) is 14.9. The molecule has 0 radical (unpaired) electrons. The lowest BCUT2D eigenvalue weighted by atomic mass is 10.2. The lowest BCUT2D eigenvalue weighted by Crippen LogP contribution is -2.27. The van der Waals surface area contributed by atoms with Crippen LogP contribution in [-0.2, 0) is 11.3 Å². The van der Waals surface area contributed by atoms with E-state index in [1.165, 1.54) is 11.8 Å². The fourth-order valence-electron chi connectivity index (χ4n) is 3.01. The topological polar surface area (TPSA) is 46.6 Å². The highest BCUT2D eigenvalue weighted by molar-refractivity contribution is 14.1. The Morgan fingerprint density at radius 1 is 1.03 bits per heavy atom. The van der Waals surface area contributed by atoms with Gasteiger partial charge in [0, 0.05) is 3.57 Å². The second kappa shape index (κ2) is 9.76. The van der Waals surface area contributed by atoms with Crippen LogP contribution in [0.4, 0.5) is 0 Å². The van der Waals surface area contributed by atoms with E-state index in [1.807, 2.05) is 48.5 Å². The first-order valence-corrected chi connectivity index (χ1v) is 11.7. The SMILES string of the molecule is O=C(Oc1cccc(/C=C2/SC(=S)N(Cc3ccccc3)C2=O)c1)c1ccccc1I. The van der Waals surface area contributed by atoms with Crippen molar-refractivity contribution >= 4 is 68.8 Å². The third-order valence-corrected chi connectivity index (χ3v) is 6.84. The number of carbonyl (C=O) groups is 2. The van der Waals surface area contributed by atoms with E-state index in [-0.39, 0.29) is 5.91 Å². The third kappa shape index (κ3) is 5.23. The highest BCUT2D eigenvalue weighted by Crippen LogP contribution is 2.34. The van der Waals surface area contributed by atoms with Gasteiger partial charge in [-0.3, -0.25) is 9.69 Å². The van der Waals surface area contributed by atoms with E-state index in [9.17, 15) is 9.59 Å². The Hall–Kier alpha value is -2.49. The van der Waals surface area contributed by atoms with Gasteiger partial charge in [0.05, 0.1) is 17.0 Å². The zero-order valence-corrected chi connectivity index (χ0v) is 19.9. The second-order valence-electron chi connectivity index (χ2n) is 6.70. The van der Waals surface area contributed by atoms with Crippen molar-refractivity contribution in [3.8, 4) is 5.75 Å². The van der Waals surface area contributed by atoms with Crippen LogP contribution in [0.1, 0.15) is 21.5 Å². The van der Waals surface area contributed by atoms with Crippen LogP contribution in [0.25, 0.3) is 6.08 Å². The number of benzene rings is 3. The number of halogens is 1. The Morgan fingerprint density at radius 3 is 2.55 bits per heavy atom. The summed E-state index contributed by atoms with van der Waals surface area (Å²) in [5.41, 5.74) is 2.29. The molecule has 1 fully saturated rings. The first kappa shape index (κ1) is 21.7. The molecule has 1 saturated heterocycles. The summed E-state index contributed by atoms with van der Waals surface area (Å²) in [6.45, 7) is 0.441. The van der Waals surface area contributed by atoms with Gasteiger partial charge in [0.15, 0.2) is 0 Å². The largest absolute Gasteiger partial charge is 0.423 e. The molecule has 3 aromatic carbocycles. The van der Waals surface area contributed by atoms with Crippen molar-refractivity contribution in [2.24, 2.45) is 0 Å². The number of nitrogens with zero attached hydrogens (tertiary/aromatic N) is 1. The van der Waals surface area contributed by atoms with Crippen molar-refractivity contribution in [3.05, 3.63) is 104 Å². The summed E-state index contributed by atoms with van der Waals surface area (Å²) in [7, 11) is 0. The molecule has 0 saturated carbocycles. The average molecular weight is 557 g/mol. The summed E-state index contributed by atoms with van der Waals surface area (Å²) in [6, 6.07) is 24.1. The zero-order chi connectivity index (χ0) is 21.8. The predicted octanol–water partition coefficient (Wildman–Crippen LogP) is 5.91. The molecule has 1 aliphatic rings. The number of carbonyl (C=O) groups excluding carboxylic acids is 2. The van der Waals surface area contributed by atoms with E-state index in [4.69, 9.17) is 17.0 Å². The fraction of sp³-hybridized carbons (Fsp3) is 0.0417. The molecule has 0 spiro atoms. The van der Waals surface area contributed by atoms with Gasteiger partial charge in [-0.05, 0) is 64.1 Å². The summed E-state index contributed by atoms with van der Waals surface area (Å²) < 4.78 is 6.89. The molecular weight excluding hydrogens is 541 g/mol. The maximum absolute atomic E-state index is 12.9. The van der Waals surface area contributed by atoms with Crippen LogP contribution in [0.3, 0.4) is 0 Å². The van der Waals surface area contributed by atoms with Gasteiger partial charge in [-0.2, -0.15) is 0 Å². The van der Waals surface area contributed by atoms with E-state index in [1.54, 1.807) is 41.3 Å². The van der Waals surface area contributed by atoms with Gasteiger partial charge in [-0.1, -0.05) is 78.6 Å². The summed E-state index contributed by atoms with van der Waals surface area (Å²) in [4.78, 5) is 27.5. The number of ether oxygens (including phenoxy) is 1. The van der Waals surface area contributed by atoms with Crippen LogP contribution >= 0.6 is 46.6 Å². The first-order chi connectivity index (χ1) is 15.0. The molecule has 1 amide bonds. The summed E-state index contributed by atoms with van der Waals surface area (Å²) in [5.74, 6) is -0.130. The molecule has 1 aliphatic heterocycles. The fourth-order valence-corrected chi connectivity index (χ4v) is 4.87. The van der Waals surface area contributed by atoms with E-state index in [0.717, 1.165) is 14.7 Å². The maximum atomic E-state index is 12.9. The Kier molecular flexibility index (Phi) is 6.84. The molecule has 154 valence electrons. The minimum absolute atomic E-state index is 0.125. The van der Waals surface area contributed by atoms with Crippen molar-refractivity contribution in [1.82, 2.24) is 4.90 Å². The van der Waals surface area contributed by atoms with Crippen LogP contribution < -0.4 is 4.74 Å². The number of hydrogen-bond acceptors (Lipinski definition) is 5. The molecule has 0 unspecified atom stereocenters. The molecule has 1 heterocycles. The lowest BCUT2D eigenvalue weighted by Gasteiger charge is -2.14. The van der Waals surface area contributed by atoms with Gasteiger partial charge in [0.2, 0.25) is 0 Å². The number of thiocarbonyl (C=S) groups is 1. The number of esters is 1. The van der Waals surface area contributed by atoms with Crippen molar-refractivity contribution in [2.75, 3.05) is 0 Å². The summed E-state index contributed by atoms with van der Waals surface area (Å²) in [5, 5.41) is 0. The summed E-state index contributed by atoms with van der Waals surface area (Å²) >= 11 is 8.80. The number of amides is 1. The highest BCUT2D eigenvalue weighted by atomic mass is 127. The molecule has 4 rings (SSSR count). The third-order valence-electron chi connectivity index (χ3n) is 4.52. The van der Waals surface area contributed by atoms with E-state index >= 15 is 0 Å². The maximum Gasteiger partial charge on any atom is 0.344 e. The van der Waals surface area contributed by atoms with Crippen LogP contribution in [0.15, 0.2) is 83.8 Å². The molecule has 3 aromatic rings. The minimum atomic E-state index is -0.420. The molecule has 0 aliphatic carbocycles. The number of rotatable bonds is 5. The molecule has 0 aromatic heterocycles. The average Bonchev–Trinajstić information content (AvgIpc) is 3.02. The quantitative estimate of drug-likeness (QED) is 0.128. The van der Waals surface area contributed by atoms with Gasteiger partial charge in [0.1, 0.15) is 10.1 Å². The van der Waals surface area contributed by atoms with Gasteiger partial charge < -0.3 is 4.74 Å². The van der Waals surface area contributed by atoms with Gasteiger partial charge in [-0.25, -0.2) is 4.79 Å². The van der Waals surface area contributed by atoms with E-state index in [2.05, 4.69) is 22.6 Å². The molecular formula is C24H16INO3S2. The molecule has 0 bridgehead atoms. The Morgan fingerprint density at radius 2 is 1.77 bits per heavy atom. The molecule has 7 heteroatoms. The Balaban J connectivity index is 1.50. The molecule has 31 heavy (non-hydrogen) atoms. The zero-order valence-electron chi connectivity index (χ0n) is 16.2. The number of hydrogen-bond donors (Lipinski definition) is 0. The highest BCUT2D eigenvalue weighted by Gasteiger charge is 2.31. The molecule has 4 nitrogen and oxygen atoms in total. The van der Waals surface area contributed by atoms with Gasteiger partial charge >= 0.3 is 5.97 Å². The van der Waals surface area contributed by atoms with E-state index in [0.29, 0.717) is 27.1 Å². The van der Waals surface area contributed by atoms with Crippen molar-refractivity contribution in [1.29, 1.82) is 0 Å². The molecule has 0 atom stereocenters. The second-order valence-corrected chi connectivity index (χ2v) is 9.53.